The van der Waals surface area contributed by atoms with Gasteiger partial charge in [0.1, 0.15) is 35.9 Å². The maximum absolute atomic E-state index is 15.6. The van der Waals surface area contributed by atoms with Crippen molar-refractivity contribution in [2.45, 2.75) is 31.9 Å². The van der Waals surface area contributed by atoms with E-state index in [1.54, 1.807) is 49.5 Å². The number of hydrogen-bond donors (Lipinski definition) is 2. The number of nitrogens with zero attached hydrogens (tertiary/aromatic N) is 3. The number of hydrogen-bond acceptors (Lipinski definition) is 11. The molecular formula is C37H38F3N5O9S. The predicted molar refractivity (Wildman–Crippen MR) is 193 cm³/mol. The molecule has 2 N–H and O–H groups in total. The molecular weight excluding hydrogens is 747 g/mol. The molecule has 14 nitrogen and oxygen atoms in total. The number of aryl methyl sites for hydroxylation is 1. The number of carbonyl (C=O) groups is 2. The Morgan fingerprint density at radius 3 is 2.47 bits per heavy atom. The van der Waals surface area contributed by atoms with Crippen molar-refractivity contribution in [1.82, 2.24) is 19.4 Å². The molecule has 0 radical (unpaired) electrons. The molecule has 3 aromatic heterocycles. The van der Waals surface area contributed by atoms with Gasteiger partial charge in [-0.1, -0.05) is 17.3 Å². The van der Waals surface area contributed by atoms with Gasteiger partial charge in [-0.05, 0) is 55.7 Å². The molecule has 4 heterocycles. The molecule has 5 aromatic rings. The summed E-state index contributed by atoms with van der Waals surface area (Å²) in [5, 5.41) is 4.10. The molecule has 1 aliphatic rings. The molecule has 2 atom stereocenters. The Morgan fingerprint density at radius 2 is 1.78 bits per heavy atom. The van der Waals surface area contributed by atoms with E-state index in [2.05, 4.69) is 15.1 Å². The fourth-order valence-electron chi connectivity index (χ4n) is 5.98. The first kappa shape index (κ1) is 39.4. The smallest absolute Gasteiger partial charge is 0.316 e. The summed E-state index contributed by atoms with van der Waals surface area (Å²) in [6, 6.07) is 12.0. The normalized spacial score (nSPS) is 15.3. The van der Waals surface area contributed by atoms with E-state index < -0.39 is 63.5 Å². The van der Waals surface area contributed by atoms with Gasteiger partial charge in [-0.2, -0.15) is 12.7 Å². The average molecular weight is 786 g/mol. The molecule has 292 valence electrons. The zero-order chi connectivity index (χ0) is 39.1. The van der Waals surface area contributed by atoms with Crippen LogP contribution in [0.1, 0.15) is 46.1 Å². The van der Waals surface area contributed by atoms with Crippen LogP contribution in [-0.2, 0) is 29.2 Å². The summed E-state index contributed by atoms with van der Waals surface area (Å²) < 4.78 is 99.4. The number of carbonyl (C=O) groups excluding carboxylic acids is 2. The van der Waals surface area contributed by atoms with Crippen molar-refractivity contribution in [2.24, 2.45) is 0 Å². The second-order valence-electron chi connectivity index (χ2n) is 12.6. The van der Waals surface area contributed by atoms with E-state index in [-0.39, 0.29) is 42.8 Å². The van der Waals surface area contributed by atoms with E-state index >= 15 is 4.39 Å². The summed E-state index contributed by atoms with van der Waals surface area (Å²) in [4.78, 5) is 32.9. The van der Waals surface area contributed by atoms with Gasteiger partial charge in [-0.15, -0.1) is 0 Å². The Morgan fingerprint density at radius 1 is 1.04 bits per heavy atom. The molecule has 6 rings (SSSR count). The minimum absolute atomic E-state index is 0.00412. The van der Waals surface area contributed by atoms with Crippen molar-refractivity contribution in [3.05, 3.63) is 95.1 Å². The fourth-order valence-corrected chi connectivity index (χ4v) is 7.25. The first-order valence-electron chi connectivity index (χ1n) is 17.3. The van der Waals surface area contributed by atoms with Crippen molar-refractivity contribution in [3.63, 3.8) is 0 Å². The lowest BCUT2D eigenvalue weighted by Gasteiger charge is -2.18. The highest BCUT2D eigenvalue weighted by Crippen LogP contribution is 2.31. The Hall–Kier alpha value is -5.30. The predicted octanol–water partition coefficient (Wildman–Crippen LogP) is 5.49. The van der Waals surface area contributed by atoms with E-state index in [1.165, 1.54) is 13.3 Å². The highest BCUT2D eigenvalue weighted by Gasteiger charge is 2.33. The topological polar surface area (TPSA) is 175 Å². The largest absolute Gasteiger partial charge is 0.491 e. The van der Waals surface area contributed by atoms with Crippen LogP contribution in [0.5, 0.6) is 5.75 Å². The lowest BCUT2D eigenvalue weighted by atomic mass is 10.00. The van der Waals surface area contributed by atoms with Crippen LogP contribution < -0.4 is 9.46 Å². The number of aromatic amines is 1. The number of benzene rings is 2. The number of H-pyrrole nitrogens is 1. The first-order valence-corrected chi connectivity index (χ1v) is 18.7. The number of methoxy groups -OCH3 is 1. The average Bonchev–Trinajstić information content (AvgIpc) is 3.93. The number of alkyl halides is 1. The maximum atomic E-state index is 15.6. The third-order valence-corrected chi connectivity index (χ3v) is 10.3. The summed E-state index contributed by atoms with van der Waals surface area (Å²) in [6.45, 7) is 2.74. The number of halogens is 3. The number of fused-ring (bicyclic) bond motifs is 1. The van der Waals surface area contributed by atoms with Gasteiger partial charge in [0.15, 0.2) is 11.6 Å². The molecule has 0 bridgehead atoms. The summed E-state index contributed by atoms with van der Waals surface area (Å²) >= 11 is 0. The van der Waals surface area contributed by atoms with Crippen LogP contribution in [0.15, 0.2) is 65.4 Å². The number of aromatic nitrogens is 3. The molecule has 1 saturated heterocycles. The van der Waals surface area contributed by atoms with Crippen LogP contribution in [0.2, 0.25) is 0 Å². The number of esters is 1. The SMILES string of the molecule is COC(=O)C(CCOCCOCCOc1ccc(-c2cnc3[nH]cc(C(=O)c4c(F)ccc(NS(=O)(=O)N5CC[C@@H](F)C5)c4F)c3c2)cc1)c1cc(C)no1. The molecule has 18 heteroatoms. The van der Waals surface area contributed by atoms with E-state index in [0.717, 1.165) is 16.4 Å². The van der Waals surface area contributed by atoms with Crippen molar-refractivity contribution < 1.29 is 54.6 Å². The summed E-state index contributed by atoms with van der Waals surface area (Å²) in [6.07, 6.45) is 1.85. The third kappa shape index (κ3) is 9.33. The Balaban J connectivity index is 1.01. The minimum atomic E-state index is -4.36. The van der Waals surface area contributed by atoms with E-state index in [1.807, 2.05) is 4.72 Å². The van der Waals surface area contributed by atoms with Gasteiger partial charge in [-0.3, -0.25) is 14.3 Å². The molecule has 1 aliphatic heterocycles. The highest BCUT2D eigenvalue weighted by molar-refractivity contribution is 7.90. The monoisotopic (exact) mass is 785 g/mol. The minimum Gasteiger partial charge on any atom is -0.491 e. The standard InChI is InChI=1S/C37H38F3N5O9S/c1-22-17-32(54-43-22)27(37(47)50-2)10-12-51-13-14-52-15-16-53-26-5-3-23(4-6-26)24-18-28-29(20-42-36(28)41-19-24)35(46)33-30(39)7-8-31(34(33)40)44-55(48,49)45-11-9-25(38)21-45/h3-8,17-20,25,27,44H,9-16,21H2,1-2H3,(H,41,42)/t25-,27?/m1/s1. The van der Waals surface area contributed by atoms with Crippen LogP contribution in [0.25, 0.3) is 22.2 Å². The lowest BCUT2D eigenvalue weighted by molar-refractivity contribution is -0.143. The summed E-state index contributed by atoms with van der Waals surface area (Å²) in [7, 11) is -3.04. The van der Waals surface area contributed by atoms with Crippen molar-refractivity contribution in [3.8, 4) is 16.9 Å². The van der Waals surface area contributed by atoms with Crippen LogP contribution in [-0.4, -0.2) is 99.0 Å². The van der Waals surface area contributed by atoms with Crippen molar-refractivity contribution in [1.29, 1.82) is 0 Å². The number of nitrogens with one attached hydrogen (secondary N) is 2. The van der Waals surface area contributed by atoms with Gasteiger partial charge >= 0.3 is 16.2 Å². The van der Waals surface area contributed by atoms with Gasteiger partial charge in [0.2, 0.25) is 5.78 Å². The summed E-state index contributed by atoms with van der Waals surface area (Å²) in [5.74, 6) is -3.67. The van der Waals surface area contributed by atoms with Crippen molar-refractivity contribution in [2.75, 3.05) is 58.0 Å². The summed E-state index contributed by atoms with van der Waals surface area (Å²) in [5.41, 5.74) is 0.580. The Labute approximate surface area is 314 Å². The lowest BCUT2D eigenvalue weighted by Crippen LogP contribution is -2.34. The zero-order valence-corrected chi connectivity index (χ0v) is 30.7. The maximum Gasteiger partial charge on any atom is 0.316 e. The highest BCUT2D eigenvalue weighted by atomic mass is 32.2. The van der Waals surface area contributed by atoms with Gasteiger partial charge < -0.3 is 28.5 Å². The molecule has 2 aromatic carbocycles. The van der Waals surface area contributed by atoms with Crippen LogP contribution >= 0.6 is 0 Å². The van der Waals surface area contributed by atoms with E-state index in [0.29, 0.717) is 54.6 Å². The molecule has 55 heavy (non-hydrogen) atoms. The van der Waals surface area contributed by atoms with E-state index in [9.17, 15) is 26.8 Å². The van der Waals surface area contributed by atoms with E-state index in [4.69, 9.17) is 23.5 Å². The molecule has 1 unspecified atom stereocenters. The Kier molecular flexibility index (Phi) is 12.5. The number of ether oxygens (including phenoxy) is 4. The van der Waals surface area contributed by atoms with Gasteiger partial charge in [0, 0.05) is 54.7 Å². The van der Waals surface area contributed by atoms with Crippen LogP contribution in [0.3, 0.4) is 0 Å². The second kappa shape index (κ2) is 17.4. The van der Waals surface area contributed by atoms with Crippen LogP contribution in [0, 0.1) is 18.6 Å². The molecule has 0 amide bonds. The van der Waals surface area contributed by atoms with Gasteiger partial charge in [0.25, 0.3) is 0 Å². The Bertz CT molecular complexity index is 2250. The zero-order valence-electron chi connectivity index (χ0n) is 29.9. The second-order valence-corrected chi connectivity index (χ2v) is 14.3. The molecule has 0 saturated carbocycles. The van der Waals surface area contributed by atoms with Gasteiger partial charge in [-0.25, -0.2) is 18.2 Å². The number of pyridine rings is 1. The third-order valence-electron chi connectivity index (χ3n) is 8.85. The molecule has 0 aliphatic carbocycles. The van der Waals surface area contributed by atoms with Crippen molar-refractivity contribution >= 4 is 38.7 Å². The molecule has 0 spiro atoms. The number of ketones is 1. The van der Waals surface area contributed by atoms with Crippen LogP contribution in [0.4, 0.5) is 18.9 Å². The molecule has 1 fully saturated rings. The fraction of sp³-hybridized carbons (Fsp3) is 0.351. The quantitative estimate of drug-likeness (QED) is 0.0653. The number of anilines is 1. The number of rotatable bonds is 18. The van der Waals surface area contributed by atoms with Gasteiger partial charge in [0.05, 0.1) is 43.9 Å². The first-order chi connectivity index (χ1) is 26.4.